The van der Waals surface area contributed by atoms with Crippen LogP contribution in [0.2, 0.25) is 0 Å². The summed E-state index contributed by atoms with van der Waals surface area (Å²) in [7, 11) is -4.71. The number of rotatable bonds is 3. The first-order valence-electron chi connectivity index (χ1n) is 5.04. The predicted octanol–water partition coefficient (Wildman–Crippen LogP) is 2.87. The van der Waals surface area contributed by atoms with Gasteiger partial charge in [0.05, 0.1) is 0 Å². The van der Waals surface area contributed by atoms with Gasteiger partial charge in [0.15, 0.2) is 4.90 Å². The molecular formula is C12H7F3O3S. The summed E-state index contributed by atoms with van der Waals surface area (Å²) in [5.74, 6) is -3.67. The van der Waals surface area contributed by atoms with Gasteiger partial charge in [-0.05, 0) is 24.3 Å². The lowest BCUT2D eigenvalue weighted by Crippen LogP contribution is -2.13. The number of benzene rings is 2. The second kappa shape index (κ2) is 4.93. The fourth-order valence-electron chi connectivity index (χ4n) is 1.41. The highest BCUT2D eigenvalue weighted by Crippen LogP contribution is 2.23. The highest BCUT2D eigenvalue weighted by molar-refractivity contribution is 7.87. The molecule has 0 saturated heterocycles. The van der Waals surface area contributed by atoms with Crippen molar-refractivity contribution in [3.8, 4) is 5.75 Å². The SMILES string of the molecule is O=S(=O)(Oc1cccc(F)c1)c1c(F)cccc1F. The molecule has 0 N–H and O–H groups in total. The zero-order valence-electron chi connectivity index (χ0n) is 9.31. The molecule has 0 radical (unpaired) electrons. The van der Waals surface area contributed by atoms with Crippen LogP contribution in [0, 0.1) is 17.5 Å². The molecular weight excluding hydrogens is 281 g/mol. The smallest absolute Gasteiger partial charge is 0.345 e. The second-order valence-corrected chi connectivity index (χ2v) is 5.03. The fraction of sp³-hybridized carbons (Fsp3) is 0. The molecule has 0 aromatic heterocycles. The molecule has 2 rings (SSSR count). The maximum absolute atomic E-state index is 13.4. The van der Waals surface area contributed by atoms with E-state index in [9.17, 15) is 21.6 Å². The topological polar surface area (TPSA) is 43.4 Å². The Labute approximate surface area is 107 Å². The molecule has 0 spiro atoms. The maximum Gasteiger partial charge on any atom is 0.345 e. The van der Waals surface area contributed by atoms with E-state index in [4.69, 9.17) is 0 Å². The first kappa shape index (κ1) is 13.4. The van der Waals surface area contributed by atoms with E-state index in [1.54, 1.807) is 0 Å². The van der Waals surface area contributed by atoms with Crippen LogP contribution < -0.4 is 4.18 Å². The highest BCUT2D eigenvalue weighted by Gasteiger charge is 2.26. The van der Waals surface area contributed by atoms with Crippen LogP contribution in [0.25, 0.3) is 0 Å². The quantitative estimate of drug-likeness (QED) is 0.816. The molecule has 7 heteroatoms. The van der Waals surface area contributed by atoms with Crippen molar-refractivity contribution in [1.29, 1.82) is 0 Å². The van der Waals surface area contributed by atoms with Crippen molar-refractivity contribution >= 4 is 10.1 Å². The van der Waals surface area contributed by atoms with Crippen molar-refractivity contribution in [3.63, 3.8) is 0 Å². The molecule has 100 valence electrons. The van der Waals surface area contributed by atoms with Crippen molar-refractivity contribution in [2.45, 2.75) is 4.90 Å². The molecule has 0 saturated carbocycles. The number of hydrogen-bond donors (Lipinski definition) is 0. The van der Waals surface area contributed by atoms with E-state index in [2.05, 4.69) is 4.18 Å². The Morgan fingerprint density at radius 1 is 0.895 bits per heavy atom. The van der Waals surface area contributed by atoms with Gasteiger partial charge in [-0.25, -0.2) is 13.2 Å². The van der Waals surface area contributed by atoms with Crippen molar-refractivity contribution in [2.24, 2.45) is 0 Å². The summed E-state index contributed by atoms with van der Waals surface area (Å²) >= 11 is 0. The molecule has 0 aliphatic rings. The monoisotopic (exact) mass is 288 g/mol. The lowest BCUT2D eigenvalue weighted by atomic mass is 10.3. The zero-order valence-corrected chi connectivity index (χ0v) is 10.1. The van der Waals surface area contributed by atoms with Crippen LogP contribution in [0.4, 0.5) is 13.2 Å². The Morgan fingerprint density at radius 2 is 1.47 bits per heavy atom. The average Bonchev–Trinajstić information content (AvgIpc) is 2.27. The van der Waals surface area contributed by atoms with E-state index >= 15 is 0 Å². The van der Waals surface area contributed by atoms with Gasteiger partial charge >= 0.3 is 10.1 Å². The van der Waals surface area contributed by atoms with Crippen molar-refractivity contribution in [2.75, 3.05) is 0 Å². The normalized spacial score (nSPS) is 11.3. The summed E-state index contributed by atoms with van der Waals surface area (Å²) in [6.07, 6.45) is 0. The largest absolute Gasteiger partial charge is 0.379 e. The van der Waals surface area contributed by atoms with Gasteiger partial charge < -0.3 is 4.18 Å². The first-order chi connectivity index (χ1) is 8.90. The molecule has 0 heterocycles. The Kier molecular flexibility index (Phi) is 3.48. The summed E-state index contributed by atoms with van der Waals surface area (Å²) in [5, 5.41) is 0. The fourth-order valence-corrected chi connectivity index (χ4v) is 2.46. The minimum absolute atomic E-state index is 0.373. The molecule has 0 unspecified atom stereocenters. The van der Waals surface area contributed by atoms with Crippen LogP contribution in [0.15, 0.2) is 47.4 Å². The maximum atomic E-state index is 13.4. The summed E-state index contributed by atoms with van der Waals surface area (Å²) in [5.41, 5.74) is 0. The van der Waals surface area contributed by atoms with E-state index in [0.717, 1.165) is 36.4 Å². The lowest BCUT2D eigenvalue weighted by molar-refractivity contribution is 0.458. The molecule has 0 aliphatic carbocycles. The van der Waals surface area contributed by atoms with E-state index in [1.165, 1.54) is 6.07 Å². The minimum Gasteiger partial charge on any atom is -0.379 e. The predicted molar refractivity (Wildman–Crippen MR) is 60.6 cm³/mol. The zero-order chi connectivity index (χ0) is 14.0. The first-order valence-corrected chi connectivity index (χ1v) is 6.45. The number of hydrogen-bond acceptors (Lipinski definition) is 3. The van der Waals surface area contributed by atoms with Gasteiger partial charge in [0.25, 0.3) is 0 Å². The van der Waals surface area contributed by atoms with E-state index < -0.39 is 32.5 Å². The minimum atomic E-state index is -4.71. The molecule has 0 fully saturated rings. The standard InChI is InChI=1S/C12H7F3O3S/c13-8-3-1-4-9(7-8)18-19(16,17)12-10(14)5-2-6-11(12)15/h1-7H. The Balaban J connectivity index is 2.44. The van der Waals surface area contributed by atoms with Crippen LogP contribution in [0.3, 0.4) is 0 Å². The number of halogens is 3. The molecule has 19 heavy (non-hydrogen) atoms. The van der Waals surface area contributed by atoms with Gasteiger partial charge in [0.2, 0.25) is 0 Å². The van der Waals surface area contributed by atoms with Crippen molar-refractivity contribution < 1.29 is 25.8 Å². The van der Waals surface area contributed by atoms with Crippen LogP contribution in [-0.4, -0.2) is 8.42 Å². The third-order valence-electron chi connectivity index (χ3n) is 2.17. The molecule has 0 atom stereocenters. The molecule has 2 aromatic carbocycles. The van der Waals surface area contributed by atoms with Crippen LogP contribution in [0.1, 0.15) is 0 Å². The van der Waals surface area contributed by atoms with Gasteiger partial charge in [-0.1, -0.05) is 12.1 Å². The van der Waals surface area contributed by atoms with Crippen LogP contribution in [-0.2, 0) is 10.1 Å². The van der Waals surface area contributed by atoms with E-state index in [1.807, 2.05) is 0 Å². The second-order valence-electron chi connectivity index (χ2n) is 3.55. The average molecular weight is 288 g/mol. The summed E-state index contributed by atoms with van der Waals surface area (Å²) < 4.78 is 67.5. The summed E-state index contributed by atoms with van der Waals surface area (Å²) in [6, 6.07) is 6.80. The van der Waals surface area contributed by atoms with Crippen molar-refractivity contribution in [1.82, 2.24) is 0 Å². The molecule has 3 nitrogen and oxygen atoms in total. The summed E-state index contributed by atoms with van der Waals surface area (Å²) in [4.78, 5) is -1.21. The van der Waals surface area contributed by atoms with Crippen LogP contribution in [0.5, 0.6) is 5.75 Å². The summed E-state index contributed by atoms with van der Waals surface area (Å²) in [6.45, 7) is 0. The highest BCUT2D eigenvalue weighted by atomic mass is 32.2. The van der Waals surface area contributed by atoms with Gasteiger partial charge in [-0.2, -0.15) is 8.42 Å². The van der Waals surface area contributed by atoms with Gasteiger partial charge in [-0.15, -0.1) is 0 Å². The molecule has 2 aromatic rings. The van der Waals surface area contributed by atoms with E-state index in [-0.39, 0.29) is 5.75 Å². The van der Waals surface area contributed by atoms with Crippen LogP contribution >= 0.6 is 0 Å². The third kappa shape index (κ3) is 2.87. The Morgan fingerprint density at radius 3 is 2.05 bits per heavy atom. The van der Waals surface area contributed by atoms with Gasteiger partial charge in [-0.3, -0.25) is 0 Å². The Hall–Kier alpha value is -2.02. The third-order valence-corrected chi connectivity index (χ3v) is 3.47. The molecule has 0 bridgehead atoms. The lowest BCUT2D eigenvalue weighted by Gasteiger charge is -2.08. The van der Waals surface area contributed by atoms with E-state index in [0.29, 0.717) is 0 Å². The molecule has 0 amide bonds. The molecule has 0 aliphatic heterocycles. The Bertz CT molecular complexity index is 694. The van der Waals surface area contributed by atoms with Gasteiger partial charge in [0.1, 0.15) is 23.2 Å². The van der Waals surface area contributed by atoms with Gasteiger partial charge in [0, 0.05) is 6.07 Å². The van der Waals surface area contributed by atoms with Crippen molar-refractivity contribution in [3.05, 3.63) is 59.9 Å².